The third-order valence-electron chi connectivity index (χ3n) is 3.28. The van der Waals surface area contributed by atoms with Gasteiger partial charge in [-0.1, -0.05) is 0 Å². The van der Waals surface area contributed by atoms with Gasteiger partial charge in [0.15, 0.2) is 0 Å². The van der Waals surface area contributed by atoms with Gasteiger partial charge >= 0.3 is 0 Å². The van der Waals surface area contributed by atoms with Crippen LogP contribution in [0.1, 0.15) is 40.5 Å². The van der Waals surface area contributed by atoms with E-state index in [-0.39, 0.29) is 23.3 Å². The van der Waals surface area contributed by atoms with Crippen LogP contribution >= 0.6 is 0 Å². The van der Waals surface area contributed by atoms with E-state index in [1.807, 2.05) is 32.6 Å². The molecule has 19 heavy (non-hydrogen) atoms. The van der Waals surface area contributed by atoms with Gasteiger partial charge in [0, 0.05) is 44.0 Å². The van der Waals surface area contributed by atoms with Crippen LogP contribution in [0.4, 0.5) is 0 Å². The summed E-state index contributed by atoms with van der Waals surface area (Å²) in [6, 6.07) is 0. The number of likely N-dealkylation sites (tertiary alicyclic amines) is 1. The predicted octanol–water partition coefficient (Wildman–Crippen LogP) is 1.18. The number of hydrogen-bond donors (Lipinski definition) is 1. The Balaban J connectivity index is 2.28. The fourth-order valence-corrected chi connectivity index (χ4v) is 2.22. The van der Waals surface area contributed by atoms with Crippen LogP contribution in [0.2, 0.25) is 0 Å². The summed E-state index contributed by atoms with van der Waals surface area (Å²) >= 11 is 0. The molecule has 1 heterocycles. The predicted molar refractivity (Wildman–Crippen MR) is 73.7 cm³/mol. The molecule has 1 aliphatic rings. The van der Waals surface area contributed by atoms with Gasteiger partial charge in [0.2, 0.25) is 11.8 Å². The van der Waals surface area contributed by atoms with Crippen LogP contribution in [0.25, 0.3) is 0 Å². The van der Waals surface area contributed by atoms with Crippen molar-refractivity contribution < 1.29 is 14.3 Å². The molecule has 0 radical (unpaired) electrons. The molecule has 5 heteroatoms. The molecule has 1 rings (SSSR count). The molecule has 1 N–H and O–H groups in total. The number of carbonyl (C=O) groups excluding carboxylic acids is 2. The molecular formula is C14H26N2O3. The van der Waals surface area contributed by atoms with Gasteiger partial charge < -0.3 is 15.0 Å². The summed E-state index contributed by atoms with van der Waals surface area (Å²) in [4.78, 5) is 25.3. The van der Waals surface area contributed by atoms with Crippen molar-refractivity contribution in [1.29, 1.82) is 0 Å². The van der Waals surface area contributed by atoms with Crippen molar-refractivity contribution in [3.8, 4) is 0 Å². The fraction of sp³-hybridized carbons (Fsp3) is 0.857. The molecular weight excluding hydrogens is 244 g/mol. The van der Waals surface area contributed by atoms with E-state index in [9.17, 15) is 9.59 Å². The van der Waals surface area contributed by atoms with Gasteiger partial charge in [-0.05, 0) is 27.7 Å². The van der Waals surface area contributed by atoms with Crippen LogP contribution in [-0.2, 0) is 14.3 Å². The lowest BCUT2D eigenvalue weighted by molar-refractivity contribution is -0.131. The highest BCUT2D eigenvalue weighted by molar-refractivity contribution is 5.80. The number of hydrogen-bond acceptors (Lipinski definition) is 3. The van der Waals surface area contributed by atoms with E-state index in [1.165, 1.54) is 0 Å². The average Bonchev–Trinajstić information content (AvgIpc) is 2.68. The van der Waals surface area contributed by atoms with Crippen molar-refractivity contribution in [3.05, 3.63) is 0 Å². The fourth-order valence-electron chi connectivity index (χ4n) is 2.22. The van der Waals surface area contributed by atoms with Crippen LogP contribution in [0.15, 0.2) is 0 Å². The minimum absolute atomic E-state index is 0.00453. The highest BCUT2D eigenvalue weighted by atomic mass is 16.5. The van der Waals surface area contributed by atoms with E-state index >= 15 is 0 Å². The molecule has 5 nitrogen and oxygen atoms in total. The lowest BCUT2D eigenvalue weighted by atomic mass is 10.1. The van der Waals surface area contributed by atoms with Gasteiger partial charge in [-0.3, -0.25) is 9.59 Å². The molecule has 0 bridgehead atoms. The molecule has 0 aliphatic carbocycles. The maximum absolute atomic E-state index is 11.9. The lowest BCUT2D eigenvalue weighted by Gasteiger charge is -2.32. The Kier molecular flexibility index (Phi) is 5.79. The van der Waals surface area contributed by atoms with Crippen molar-refractivity contribution in [2.24, 2.45) is 5.92 Å². The molecule has 0 unspecified atom stereocenters. The van der Waals surface area contributed by atoms with E-state index in [2.05, 4.69) is 5.32 Å². The topological polar surface area (TPSA) is 58.6 Å². The van der Waals surface area contributed by atoms with E-state index in [4.69, 9.17) is 4.74 Å². The third kappa shape index (κ3) is 5.19. The molecule has 1 aliphatic heterocycles. The number of ether oxygens (including phenoxy) is 1. The minimum atomic E-state index is -0.134. The first kappa shape index (κ1) is 16.0. The highest BCUT2D eigenvalue weighted by Crippen LogP contribution is 2.25. The molecule has 0 spiro atoms. The first-order chi connectivity index (χ1) is 8.84. The normalized spacial score (nSPS) is 19.9. The maximum Gasteiger partial charge on any atom is 0.223 e. The SMILES string of the molecule is CCOCCC(=O)NC[C@@H]1CC(=O)N(C(C)(C)C)C1. The summed E-state index contributed by atoms with van der Waals surface area (Å²) in [5.41, 5.74) is -0.134. The van der Waals surface area contributed by atoms with E-state index in [0.29, 0.717) is 32.6 Å². The minimum Gasteiger partial charge on any atom is -0.381 e. The van der Waals surface area contributed by atoms with Crippen LogP contribution in [-0.4, -0.2) is 48.6 Å². The zero-order chi connectivity index (χ0) is 14.5. The molecule has 1 fully saturated rings. The molecule has 1 saturated heterocycles. The van der Waals surface area contributed by atoms with Crippen molar-refractivity contribution in [2.75, 3.05) is 26.3 Å². The highest BCUT2D eigenvalue weighted by Gasteiger charge is 2.35. The van der Waals surface area contributed by atoms with Crippen LogP contribution in [0.5, 0.6) is 0 Å². The molecule has 0 aromatic rings. The van der Waals surface area contributed by atoms with Crippen molar-refractivity contribution in [3.63, 3.8) is 0 Å². The zero-order valence-corrected chi connectivity index (χ0v) is 12.5. The second-order valence-electron chi connectivity index (χ2n) is 6.00. The first-order valence-corrected chi connectivity index (χ1v) is 6.99. The maximum atomic E-state index is 11.9. The Hall–Kier alpha value is -1.10. The molecule has 2 amide bonds. The van der Waals surface area contributed by atoms with Gasteiger partial charge in [0.25, 0.3) is 0 Å². The quantitative estimate of drug-likeness (QED) is 0.737. The molecule has 110 valence electrons. The second kappa shape index (κ2) is 6.89. The average molecular weight is 270 g/mol. The van der Waals surface area contributed by atoms with Gasteiger partial charge in [-0.2, -0.15) is 0 Å². The third-order valence-corrected chi connectivity index (χ3v) is 3.28. The van der Waals surface area contributed by atoms with Crippen molar-refractivity contribution in [1.82, 2.24) is 10.2 Å². The Morgan fingerprint density at radius 3 is 2.68 bits per heavy atom. The van der Waals surface area contributed by atoms with Crippen molar-refractivity contribution >= 4 is 11.8 Å². The Bertz CT molecular complexity index is 323. The Morgan fingerprint density at radius 1 is 1.47 bits per heavy atom. The standard InChI is InChI=1S/C14H26N2O3/c1-5-19-7-6-12(17)15-9-11-8-13(18)16(10-11)14(2,3)4/h11H,5-10H2,1-4H3,(H,15,17)/t11-/m0/s1. The van der Waals surface area contributed by atoms with E-state index < -0.39 is 0 Å². The van der Waals surface area contributed by atoms with E-state index in [1.54, 1.807) is 0 Å². The van der Waals surface area contributed by atoms with Crippen LogP contribution in [0.3, 0.4) is 0 Å². The van der Waals surface area contributed by atoms with Crippen LogP contribution < -0.4 is 5.32 Å². The number of rotatable bonds is 6. The summed E-state index contributed by atoms with van der Waals surface area (Å²) in [7, 11) is 0. The van der Waals surface area contributed by atoms with Gasteiger partial charge in [0.05, 0.1) is 6.61 Å². The number of nitrogens with zero attached hydrogens (tertiary/aromatic N) is 1. The zero-order valence-electron chi connectivity index (χ0n) is 12.5. The number of nitrogens with one attached hydrogen (secondary N) is 1. The Labute approximate surface area is 115 Å². The Morgan fingerprint density at radius 2 is 2.16 bits per heavy atom. The summed E-state index contributed by atoms with van der Waals surface area (Å²) in [6.07, 6.45) is 0.917. The monoisotopic (exact) mass is 270 g/mol. The van der Waals surface area contributed by atoms with Gasteiger partial charge in [-0.25, -0.2) is 0 Å². The summed E-state index contributed by atoms with van der Waals surface area (Å²) in [6.45, 7) is 10.4. The molecule has 0 aromatic heterocycles. The first-order valence-electron chi connectivity index (χ1n) is 6.99. The van der Waals surface area contributed by atoms with Gasteiger partial charge in [-0.15, -0.1) is 0 Å². The summed E-state index contributed by atoms with van der Waals surface area (Å²) in [5.74, 6) is 0.402. The number of carbonyl (C=O) groups is 2. The second-order valence-corrected chi connectivity index (χ2v) is 6.00. The lowest BCUT2D eigenvalue weighted by Crippen LogP contribution is -2.42. The van der Waals surface area contributed by atoms with Gasteiger partial charge in [0.1, 0.15) is 0 Å². The molecule has 0 aromatic carbocycles. The summed E-state index contributed by atoms with van der Waals surface area (Å²) < 4.78 is 5.13. The van der Waals surface area contributed by atoms with E-state index in [0.717, 1.165) is 6.54 Å². The van der Waals surface area contributed by atoms with Crippen molar-refractivity contribution in [2.45, 2.75) is 46.1 Å². The summed E-state index contributed by atoms with van der Waals surface area (Å²) in [5, 5.41) is 2.88. The molecule has 1 atom stereocenters. The smallest absolute Gasteiger partial charge is 0.223 e. The molecule has 0 saturated carbocycles. The largest absolute Gasteiger partial charge is 0.381 e. The van der Waals surface area contributed by atoms with Crippen LogP contribution in [0, 0.1) is 5.92 Å². The number of amides is 2.